The van der Waals surface area contributed by atoms with Gasteiger partial charge >= 0.3 is 6.03 Å². The van der Waals surface area contributed by atoms with Crippen LogP contribution in [0.3, 0.4) is 0 Å². The highest BCUT2D eigenvalue weighted by atomic mass is 16.2. The van der Waals surface area contributed by atoms with E-state index in [9.17, 15) is 4.79 Å². The highest BCUT2D eigenvalue weighted by molar-refractivity contribution is 5.89. The Kier molecular flexibility index (Phi) is 4.83. The van der Waals surface area contributed by atoms with E-state index < -0.39 is 0 Å². The molecule has 2 amide bonds. The van der Waals surface area contributed by atoms with Crippen LogP contribution in [-0.2, 0) is 6.42 Å². The maximum Gasteiger partial charge on any atom is 0.321 e. The number of hydrogen-bond acceptors (Lipinski definition) is 1. The molecule has 1 rings (SSSR count). The minimum atomic E-state index is -0.0331. The lowest BCUT2D eigenvalue weighted by atomic mass is 10.1. The molecule has 0 saturated carbocycles. The van der Waals surface area contributed by atoms with Crippen LogP contribution in [0.1, 0.15) is 26.3 Å². The van der Waals surface area contributed by atoms with Crippen molar-refractivity contribution in [1.29, 1.82) is 0 Å². The molecule has 0 bridgehead atoms. The molecular formula is C13H20N2O. The van der Waals surface area contributed by atoms with Crippen LogP contribution in [0.4, 0.5) is 10.5 Å². The molecule has 0 radical (unpaired) electrons. The molecular weight excluding hydrogens is 200 g/mol. The van der Waals surface area contributed by atoms with Crippen LogP contribution in [0.2, 0.25) is 0 Å². The van der Waals surface area contributed by atoms with Crippen LogP contribution >= 0.6 is 0 Å². The summed E-state index contributed by atoms with van der Waals surface area (Å²) < 4.78 is 0. The zero-order valence-corrected chi connectivity index (χ0v) is 10.3. The average molecular weight is 220 g/mol. The second kappa shape index (κ2) is 6.16. The van der Waals surface area contributed by atoms with E-state index in [1.54, 1.807) is 4.90 Å². The van der Waals surface area contributed by atoms with Crippen molar-refractivity contribution in [2.24, 2.45) is 0 Å². The Morgan fingerprint density at radius 2 is 1.69 bits per heavy atom. The number of carbonyl (C=O) groups is 1. The Bertz CT molecular complexity index is 328. The maximum atomic E-state index is 11.7. The van der Waals surface area contributed by atoms with Gasteiger partial charge in [0.25, 0.3) is 0 Å². The van der Waals surface area contributed by atoms with Crippen molar-refractivity contribution in [3.8, 4) is 0 Å². The van der Waals surface area contributed by atoms with Crippen LogP contribution < -0.4 is 5.32 Å². The number of amides is 2. The summed E-state index contributed by atoms with van der Waals surface area (Å²) in [5.74, 6) is 0. The summed E-state index contributed by atoms with van der Waals surface area (Å²) in [6, 6.07) is 7.94. The first-order chi connectivity index (χ1) is 7.71. The number of urea groups is 1. The molecule has 16 heavy (non-hydrogen) atoms. The first-order valence-corrected chi connectivity index (χ1v) is 5.86. The molecule has 0 fully saturated rings. The van der Waals surface area contributed by atoms with E-state index in [2.05, 4.69) is 12.2 Å². The predicted molar refractivity (Wildman–Crippen MR) is 67.8 cm³/mol. The largest absolute Gasteiger partial charge is 0.325 e. The van der Waals surface area contributed by atoms with E-state index in [-0.39, 0.29) is 6.03 Å². The minimum absolute atomic E-state index is 0.0331. The van der Waals surface area contributed by atoms with Crippen LogP contribution in [-0.4, -0.2) is 24.0 Å². The third-order valence-corrected chi connectivity index (χ3v) is 2.66. The summed E-state index contributed by atoms with van der Waals surface area (Å²) in [7, 11) is 0. The van der Waals surface area contributed by atoms with E-state index in [0.29, 0.717) is 0 Å². The molecule has 3 nitrogen and oxygen atoms in total. The van der Waals surface area contributed by atoms with Gasteiger partial charge in [-0.25, -0.2) is 4.79 Å². The number of nitrogens with one attached hydrogen (secondary N) is 1. The Morgan fingerprint density at radius 3 is 2.12 bits per heavy atom. The van der Waals surface area contributed by atoms with Gasteiger partial charge in [-0.05, 0) is 38.0 Å². The molecule has 1 aromatic carbocycles. The van der Waals surface area contributed by atoms with Gasteiger partial charge in [0.1, 0.15) is 0 Å². The van der Waals surface area contributed by atoms with Crippen LogP contribution in [0.5, 0.6) is 0 Å². The van der Waals surface area contributed by atoms with Crippen LogP contribution in [0.15, 0.2) is 24.3 Å². The minimum Gasteiger partial charge on any atom is -0.325 e. The number of carbonyl (C=O) groups excluding carboxylic acids is 1. The third kappa shape index (κ3) is 3.26. The van der Waals surface area contributed by atoms with Gasteiger partial charge in [-0.3, -0.25) is 0 Å². The molecule has 88 valence electrons. The molecule has 0 spiro atoms. The van der Waals surface area contributed by atoms with E-state index in [1.807, 2.05) is 38.1 Å². The standard InChI is InChI=1S/C13H20N2O/c1-4-11-7-9-12(10-8-11)14-13(16)15(5-2)6-3/h7-10H,4-6H2,1-3H3,(H,14,16). The number of aryl methyl sites for hydroxylation is 1. The number of nitrogens with zero attached hydrogens (tertiary/aromatic N) is 1. The fourth-order valence-corrected chi connectivity index (χ4v) is 1.54. The van der Waals surface area contributed by atoms with Gasteiger partial charge in [-0.1, -0.05) is 19.1 Å². The summed E-state index contributed by atoms with van der Waals surface area (Å²) in [6.07, 6.45) is 1.02. The Morgan fingerprint density at radius 1 is 1.12 bits per heavy atom. The van der Waals surface area contributed by atoms with Gasteiger partial charge in [0, 0.05) is 18.8 Å². The van der Waals surface area contributed by atoms with E-state index in [1.165, 1.54) is 5.56 Å². The second-order valence-electron chi connectivity index (χ2n) is 3.65. The van der Waals surface area contributed by atoms with Crippen LogP contribution in [0, 0.1) is 0 Å². The van der Waals surface area contributed by atoms with E-state index in [0.717, 1.165) is 25.2 Å². The summed E-state index contributed by atoms with van der Waals surface area (Å²) >= 11 is 0. The Labute approximate surface area is 97.5 Å². The molecule has 0 heterocycles. The number of anilines is 1. The molecule has 0 aliphatic rings. The summed E-state index contributed by atoms with van der Waals surface area (Å²) in [4.78, 5) is 13.5. The fourth-order valence-electron chi connectivity index (χ4n) is 1.54. The van der Waals surface area contributed by atoms with E-state index in [4.69, 9.17) is 0 Å². The van der Waals surface area contributed by atoms with Gasteiger partial charge in [-0.2, -0.15) is 0 Å². The molecule has 1 N–H and O–H groups in total. The molecule has 3 heteroatoms. The summed E-state index contributed by atoms with van der Waals surface area (Å²) in [5.41, 5.74) is 2.13. The van der Waals surface area contributed by atoms with E-state index >= 15 is 0 Å². The van der Waals surface area contributed by atoms with Crippen molar-refractivity contribution in [3.05, 3.63) is 29.8 Å². The average Bonchev–Trinajstić information content (AvgIpc) is 2.31. The summed E-state index contributed by atoms with van der Waals surface area (Å²) in [5, 5.41) is 2.88. The fraction of sp³-hybridized carbons (Fsp3) is 0.462. The van der Waals surface area contributed by atoms with Crippen molar-refractivity contribution in [1.82, 2.24) is 4.90 Å². The first kappa shape index (κ1) is 12.6. The topological polar surface area (TPSA) is 32.3 Å². The Balaban J connectivity index is 2.62. The smallest absolute Gasteiger partial charge is 0.321 e. The normalized spacial score (nSPS) is 9.94. The number of rotatable bonds is 4. The molecule has 0 aromatic heterocycles. The zero-order chi connectivity index (χ0) is 12.0. The number of hydrogen-bond donors (Lipinski definition) is 1. The third-order valence-electron chi connectivity index (χ3n) is 2.66. The molecule has 0 aliphatic heterocycles. The van der Waals surface area contributed by atoms with Crippen LogP contribution in [0.25, 0.3) is 0 Å². The van der Waals surface area contributed by atoms with Crippen molar-refractivity contribution < 1.29 is 4.79 Å². The monoisotopic (exact) mass is 220 g/mol. The molecule has 0 aliphatic carbocycles. The molecule has 0 atom stereocenters. The van der Waals surface area contributed by atoms with Gasteiger partial charge in [0.2, 0.25) is 0 Å². The maximum absolute atomic E-state index is 11.7. The molecule has 0 saturated heterocycles. The lowest BCUT2D eigenvalue weighted by Crippen LogP contribution is -2.34. The van der Waals surface area contributed by atoms with Gasteiger partial charge in [0.15, 0.2) is 0 Å². The molecule has 0 unspecified atom stereocenters. The first-order valence-electron chi connectivity index (χ1n) is 5.86. The van der Waals surface area contributed by atoms with Crippen molar-refractivity contribution in [2.45, 2.75) is 27.2 Å². The summed E-state index contributed by atoms with van der Waals surface area (Å²) in [6.45, 7) is 7.53. The van der Waals surface area contributed by atoms with Crippen molar-refractivity contribution in [3.63, 3.8) is 0 Å². The van der Waals surface area contributed by atoms with Gasteiger partial charge in [-0.15, -0.1) is 0 Å². The highest BCUT2D eigenvalue weighted by Crippen LogP contribution is 2.10. The van der Waals surface area contributed by atoms with Crippen molar-refractivity contribution >= 4 is 11.7 Å². The van der Waals surface area contributed by atoms with Gasteiger partial charge < -0.3 is 10.2 Å². The number of benzene rings is 1. The lowest BCUT2D eigenvalue weighted by Gasteiger charge is -2.19. The lowest BCUT2D eigenvalue weighted by molar-refractivity contribution is 0.217. The Hall–Kier alpha value is -1.51. The van der Waals surface area contributed by atoms with Gasteiger partial charge in [0.05, 0.1) is 0 Å². The predicted octanol–water partition coefficient (Wildman–Crippen LogP) is 3.12. The molecule has 1 aromatic rings. The highest BCUT2D eigenvalue weighted by Gasteiger charge is 2.08. The van der Waals surface area contributed by atoms with Crippen molar-refractivity contribution in [2.75, 3.05) is 18.4 Å². The zero-order valence-electron chi connectivity index (χ0n) is 10.3. The SMILES string of the molecule is CCc1ccc(NC(=O)N(CC)CC)cc1. The second-order valence-corrected chi connectivity index (χ2v) is 3.65. The quantitative estimate of drug-likeness (QED) is 0.830.